The number of ether oxygens (including phenoxy) is 2. The molecule has 0 N–H and O–H groups in total. The molecule has 3 aliphatic heterocycles. The van der Waals surface area contributed by atoms with Gasteiger partial charge < -0.3 is 23.8 Å². The molecular weight excluding hydrogens is 358 g/mol. The Kier molecular flexibility index (Phi) is 4.47. The maximum Gasteiger partial charge on any atom is 0.231 e. The van der Waals surface area contributed by atoms with Crippen LogP contribution in [0.25, 0.3) is 11.3 Å². The minimum atomic E-state index is 0.00787. The van der Waals surface area contributed by atoms with E-state index in [0.717, 1.165) is 53.7 Å². The van der Waals surface area contributed by atoms with Crippen LogP contribution >= 0.6 is 0 Å². The van der Waals surface area contributed by atoms with Crippen LogP contribution in [0.5, 0.6) is 11.5 Å². The van der Waals surface area contributed by atoms with Crippen molar-refractivity contribution in [2.75, 3.05) is 33.0 Å². The summed E-state index contributed by atoms with van der Waals surface area (Å²) in [5.74, 6) is 2.57. The summed E-state index contributed by atoms with van der Waals surface area (Å²) in [4.78, 5) is 17.4. The molecule has 0 aliphatic carbocycles. The minimum absolute atomic E-state index is 0.00787. The number of likely N-dealkylation sites (tertiary alicyclic amines) is 1. The molecule has 148 valence electrons. The van der Waals surface area contributed by atoms with Crippen LogP contribution < -0.4 is 9.47 Å². The number of carbonyl (C=O) groups excluding carboxylic acids is 1. The molecule has 1 saturated heterocycles. The van der Waals surface area contributed by atoms with E-state index in [4.69, 9.17) is 14.0 Å². The van der Waals surface area contributed by atoms with E-state index in [1.54, 1.807) is 0 Å². The predicted molar refractivity (Wildman–Crippen MR) is 102 cm³/mol. The lowest BCUT2D eigenvalue weighted by Crippen LogP contribution is -2.42. The highest BCUT2D eigenvalue weighted by molar-refractivity contribution is 5.79. The minimum Gasteiger partial charge on any atom is -0.454 e. The van der Waals surface area contributed by atoms with Crippen LogP contribution in [0.4, 0.5) is 0 Å². The van der Waals surface area contributed by atoms with Crippen molar-refractivity contribution in [3.63, 3.8) is 0 Å². The number of fused-ring (bicyclic) bond motifs is 2. The molecule has 28 heavy (non-hydrogen) atoms. The fraction of sp³-hybridized carbons (Fsp3) is 0.524. The summed E-state index contributed by atoms with van der Waals surface area (Å²) in [7, 11) is 0. The van der Waals surface area contributed by atoms with Gasteiger partial charge in [-0.1, -0.05) is 12.1 Å². The highest BCUT2D eigenvalue weighted by Gasteiger charge is 2.31. The van der Waals surface area contributed by atoms with Gasteiger partial charge in [-0.25, -0.2) is 0 Å². The molecule has 7 heteroatoms. The molecule has 1 aromatic carbocycles. The van der Waals surface area contributed by atoms with E-state index in [1.807, 2.05) is 30.0 Å². The summed E-state index contributed by atoms with van der Waals surface area (Å²) in [6.07, 6.45) is 3.19. The summed E-state index contributed by atoms with van der Waals surface area (Å²) < 4.78 is 16.5. The first kappa shape index (κ1) is 17.6. The van der Waals surface area contributed by atoms with Gasteiger partial charge in [-0.05, 0) is 44.1 Å². The van der Waals surface area contributed by atoms with Gasteiger partial charge in [-0.15, -0.1) is 0 Å². The molecule has 1 amide bonds. The van der Waals surface area contributed by atoms with Crippen molar-refractivity contribution in [3.05, 3.63) is 29.5 Å². The van der Waals surface area contributed by atoms with E-state index in [-0.39, 0.29) is 18.6 Å². The molecule has 7 nitrogen and oxygen atoms in total. The fourth-order valence-corrected chi connectivity index (χ4v) is 4.41. The van der Waals surface area contributed by atoms with Gasteiger partial charge in [-0.3, -0.25) is 4.79 Å². The lowest BCUT2D eigenvalue weighted by atomic mass is 9.99. The maximum atomic E-state index is 13.0. The van der Waals surface area contributed by atoms with E-state index >= 15 is 0 Å². The molecule has 0 saturated carbocycles. The van der Waals surface area contributed by atoms with Crippen molar-refractivity contribution in [1.29, 1.82) is 0 Å². The van der Waals surface area contributed by atoms with E-state index in [0.29, 0.717) is 19.5 Å². The van der Waals surface area contributed by atoms with Crippen molar-refractivity contribution in [2.24, 2.45) is 5.92 Å². The number of carbonyl (C=O) groups is 1. The van der Waals surface area contributed by atoms with E-state index in [1.165, 1.54) is 12.8 Å². The topological polar surface area (TPSA) is 68.0 Å². The first-order valence-corrected chi connectivity index (χ1v) is 10.1. The van der Waals surface area contributed by atoms with Gasteiger partial charge in [0.1, 0.15) is 11.5 Å². The number of hydrogen-bond acceptors (Lipinski definition) is 6. The molecular formula is C21H25N3O4. The SMILES string of the molecule is C[C@H](CN1CCCC1)C(=O)N1CCc2onc(-c3ccc4c(c3)OCO4)c2C1. The molecule has 0 radical (unpaired) electrons. The van der Waals surface area contributed by atoms with Crippen LogP contribution in [0, 0.1) is 5.92 Å². The molecule has 2 aromatic rings. The highest BCUT2D eigenvalue weighted by atomic mass is 16.7. The molecule has 1 fully saturated rings. The molecule has 5 rings (SSSR count). The molecule has 0 spiro atoms. The zero-order valence-corrected chi connectivity index (χ0v) is 16.1. The van der Waals surface area contributed by atoms with Crippen LogP contribution in [0.3, 0.4) is 0 Å². The third kappa shape index (κ3) is 3.13. The van der Waals surface area contributed by atoms with Crippen molar-refractivity contribution in [1.82, 2.24) is 15.0 Å². The Hall–Kier alpha value is -2.54. The number of rotatable bonds is 4. The van der Waals surface area contributed by atoms with E-state index in [9.17, 15) is 4.79 Å². The smallest absolute Gasteiger partial charge is 0.231 e. The monoisotopic (exact) mass is 383 g/mol. The lowest BCUT2D eigenvalue weighted by Gasteiger charge is -2.30. The van der Waals surface area contributed by atoms with Crippen molar-refractivity contribution in [3.8, 4) is 22.8 Å². The largest absolute Gasteiger partial charge is 0.454 e. The zero-order valence-electron chi connectivity index (χ0n) is 16.1. The summed E-state index contributed by atoms with van der Waals surface area (Å²) in [5, 5.41) is 4.30. The van der Waals surface area contributed by atoms with E-state index in [2.05, 4.69) is 10.1 Å². The average Bonchev–Trinajstić information content (AvgIpc) is 3.46. The van der Waals surface area contributed by atoms with Gasteiger partial charge in [0.2, 0.25) is 12.7 Å². The number of aromatic nitrogens is 1. The van der Waals surface area contributed by atoms with Crippen molar-refractivity contribution in [2.45, 2.75) is 32.7 Å². The Morgan fingerprint density at radius 3 is 2.86 bits per heavy atom. The number of benzene rings is 1. The molecule has 3 aliphatic rings. The molecule has 0 unspecified atom stereocenters. The van der Waals surface area contributed by atoms with Crippen LogP contribution in [-0.4, -0.2) is 53.8 Å². The second kappa shape index (κ2) is 7.13. The standard InChI is InChI=1S/C21H25N3O4/c1-14(11-23-7-2-3-8-23)21(25)24-9-6-17-16(12-24)20(22-28-17)15-4-5-18-19(10-15)27-13-26-18/h4-5,10,14H,2-3,6-9,11-13H2,1H3/t14-/m1/s1. The van der Waals surface area contributed by atoms with Gasteiger partial charge in [0.05, 0.1) is 6.54 Å². The van der Waals surface area contributed by atoms with Gasteiger partial charge in [-0.2, -0.15) is 0 Å². The van der Waals surface area contributed by atoms with Crippen molar-refractivity contribution < 1.29 is 18.8 Å². The first-order valence-electron chi connectivity index (χ1n) is 10.1. The Morgan fingerprint density at radius 2 is 2.00 bits per heavy atom. The third-order valence-corrected chi connectivity index (χ3v) is 5.94. The first-order chi connectivity index (χ1) is 13.7. The average molecular weight is 383 g/mol. The molecule has 4 heterocycles. The Morgan fingerprint density at radius 1 is 1.18 bits per heavy atom. The van der Waals surface area contributed by atoms with Gasteiger partial charge in [0.15, 0.2) is 11.5 Å². The van der Waals surface area contributed by atoms with Crippen LogP contribution in [-0.2, 0) is 17.8 Å². The normalized spacial score (nSPS) is 19.7. The quantitative estimate of drug-likeness (QED) is 0.809. The van der Waals surface area contributed by atoms with Gasteiger partial charge in [0.25, 0.3) is 0 Å². The summed E-state index contributed by atoms with van der Waals surface area (Å²) in [6, 6.07) is 5.78. The Labute approximate surface area is 164 Å². The predicted octanol–water partition coefficient (Wildman–Crippen LogP) is 2.69. The van der Waals surface area contributed by atoms with Crippen LogP contribution in [0.1, 0.15) is 31.1 Å². The van der Waals surface area contributed by atoms with Gasteiger partial charge in [0, 0.05) is 36.6 Å². The number of nitrogens with zero attached hydrogens (tertiary/aromatic N) is 3. The second-order valence-electron chi connectivity index (χ2n) is 7.92. The van der Waals surface area contributed by atoms with E-state index < -0.39 is 0 Å². The van der Waals surface area contributed by atoms with Crippen LogP contribution in [0.2, 0.25) is 0 Å². The molecule has 1 atom stereocenters. The summed E-state index contributed by atoms with van der Waals surface area (Å²) in [5.41, 5.74) is 2.72. The fourth-order valence-electron chi connectivity index (χ4n) is 4.41. The van der Waals surface area contributed by atoms with Crippen LogP contribution in [0.15, 0.2) is 22.7 Å². The number of amides is 1. The Balaban J connectivity index is 1.34. The summed E-state index contributed by atoms with van der Waals surface area (Å²) >= 11 is 0. The second-order valence-corrected chi connectivity index (χ2v) is 7.92. The van der Waals surface area contributed by atoms with Crippen molar-refractivity contribution >= 4 is 5.91 Å². The zero-order chi connectivity index (χ0) is 19.1. The number of hydrogen-bond donors (Lipinski definition) is 0. The van der Waals surface area contributed by atoms with Gasteiger partial charge >= 0.3 is 0 Å². The Bertz CT molecular complexity index is 888. The molecule has 0 bridgehead atoms. The maximum absolute atomic E-state index is 13.0. The lowest BCUT2D eigenvalue weighted by molar-refractivity contribution is -0.136. The molecule has 1 aromatic heterocycles. The highest BCUT2D eigenvalue weighted by Crippen LogP contribution is 2.38. The summed E-state index contributed by atoms with van der Waals surface area (Å²) in [6.45, 7) is 6.59. The third-order valence-electron chi connectivity index (χ3n) is 5.94.